The second-order valence-corrected chi connectivity index (χ2v) is 5.10. The molecule has 4 heteroatoms. The van der Waals surface area contributed by atoms with Gasteiger partial charge >= 0.3 is 0 Å². The van der Waals surface area contributed by atoms with Gasteiger partial charge in [0.05, 0.1) is 18.5 Å². The minimum Gasteiger partial charge on any atom is -0.342 e. The predicted molar refractivity (Wildman–Crippen MR) is 65.2 cm³/mol. The monoisotopic (exact) mass is 235 g/mol. The first-order valence-electron chi connectivity index (χ1n) is 6.72. The molecule has 2 aliphatic rings. The van der Waals surface area contributed by atoms with Crippen LogP contribution in [0.4, 0.5) is 0 Å². The van der Waals surface area contributed by atoms with E-state index in [1.54, 1.807) is 0 Å². The first-order valence-corrected chi connectivity index (χ1v) is 6.72. The van der Waals surface area contributed by atoms with E-state index in [4.69, 9.17) is 5.26 Å². The highest BCUT2D eigenvalue weighted by Crippen LogP contribution is 2.23. The maximum Gasteiger partial charge on any atom is 0.236 e. The number of rotatable bonds is 3. The Bertz CT molecular complexity index is 304. The fourth-order valence-corrected chi connectivity index (χ4v) is 2.83. The Labute approximate surface area is 103 Å². The minimum absolute atomic E-state index is 0.0927. The molecule has 1 aliphatic carbocycles. The molecule has 0 aromatic carbocycles. The van der Waals surface area contributed by atoms with E-state index in [9.17, 15) is 4.79 Å². The van der Waals surface area contributed by atoms with Gasteiger partial charge in [0, 0.05) is 19.1 Å². The Kier molecular flexibility index (Phi) is 4.38. The van der Waals surface area contributed by atoms with Gasteiger partial charge in [0.25, 0.3) is 0 Å². The van der Waals surface area contributed by atoms with Crippen LogP contribution in [0, 0.1) is 17.2 Å². The zero-order valence-electron chi connectivity index (χ0n) is 10.3. The Morgan fingerprint density at radius 2 is 1.94 bits per heavy atom. The van der Waals surface area contributed by atoms with Crippen molar-refractivity contribution in [2.75, 3.05) is 19.6 Å². The molecule has 94 valence electrons. The van der Waals surface area contributed by atoms with Crippen molar-refractivity contribution in [3.63, 3.8) is 0 Å². The average molecular weight is 235 g/mol. The van der Waals surface area contributed by atoms with Crippen LogP contribution in [-0.4, -0.2) is 36.5 Å². The summed E-state index contributed by atoms with van der Waals surface area (Å²) in [6.45, 7) is 2.22. The normalized spacial score (nSPS) is 29.0. The van der Waals surface area contributed by atoms with Gasteiger partial charge in [0.1, 0.15) is 0 Å². The lowest BCUT2D eigenvalue weighted by atomic mass is 9.85. The summed E-state index contributed by atoms with van der Waals surface area (Å²) in [5, 5.41) is 12.3. The van der Waals surface area contributed by atoms with Gasteiger partial charge in [-0.1, -0.05) is 12.8 Å². The molecule has 1 saturated carbocycles. The van der Waals surface area contributed by atoms with Crippen LogP contribution in [0.3, 0.4) is 0 Å². The second kappa shape index (κ2) is 6.02. The summed E-state index contributed by atoms with van der Waals surface area (Å²) in [7, 11) is 0. The van der Waals surface area contributed by atoms with E-state index in [0.29, 0.717) is 6.54 Å². The molecular weight excluding hydrogens is 214 g/mol. The summed E-state index contributed by atoms with van der Waals surface area (Å²) in [5.74, 6) is 0.292. The van der Waals surface area contributed by atoms with E-state index >= 15 is 0 Å². The van der Waals surface area contributed by atoms with E-state index < -0.39 is 0 Å². The van der Waals surface area contributed by atoms with Gasteiger partial charge in [0.2, 0.25) is 5.91 Å². The molecule has 17 heavy (non-hydrogen) atoms. The first-order chi connectivity index (χ1) is 8.31. The quantitative estimate of drug-likeness (QED) is 0.801. The molecule has 2 unspecified atom stereocenters. The number of nitrogens with one attached hydrogen (secondary N) is 1. The van der Waals surface area contributed by atoms with Crippen molar-refractivity contribution >= 4 is 5.91 Å². The molecule has 0 spiro atoms. The van der Waals surface area contributed by atoms with Gasteiger partial charge in [0.15, 0.2) is 0 Å². The molecule has 1 amide bonds. The van der Waals surface area contributed by atoms with Gasteiger partial charge in [-0.3, -0.25) is 4.79 Å². The van der Waals surface area contributed by atoms with Crippen LogP contribution in [0.2, 0.25) is 0 Å². The molecule has 2 atom stereocenters. The smallest absolute Gasteiger partial charge is 0.236 e. The molecule has 0 radical (unpaired) electrons. The molecule has 0 bridgehead atoms. The molecule has 0 aromatic heterocycles. The molecule has 1 aliphatic heterocycles. The molecule has 4 nitrogen and oxygen atoms in total. The summed E-state index contributed by atoms with van der Waals surface area (Å²) in [5.41, 5.74) is 0. The van der Waals surface area contributed by atoms with Crippen LogP contribution in [0.1, 0.15) is 38.5 Å². The third kappa shape index (κ3) is 3.19. The minimum atomic E-state index is 0.0927. The SMILES string of the molecule is N#CC1CCCCC1NCC(=O)N1CCCC1. The largest absolute Gasteiger partial charge is 0.342 e. The van der Waals surface area contributed by atoms with E-state index in [-0.39, 0.29) is 17.9 Å². The lowest BCUT2D eigenvalue weighted by molar-refractivity contribution is -0.129. The zero-order valence-corrected chi connectivity index (χ0v) is 10.3. The Hall–Kier alpha value is -1.08. The highest BCUT2D eigenvalue weighted by atomic mass is 16.2. The number of amides is 1. The maximum absolute atomic E-state index is 11.9. The second-order valence-electron chi connectivity index (χ2n) is 5.10. The number of carbonyl (C=O) groups is 1. The molecular formula is C13H21N3O. The van der Waals surface area contributed by atoms with Crippen LogP contribution in [-0.2, 0) is 4.79 Å². The molecule has 2 fully saturated rings. The molecule has 1 saturated heterocycles. The van der Waals surface area contributed by atoms with Crippen molar-refractivity contribution in [1.29, 1.82) is 5.26 Å². The lowest BCUT2D eigenvalue weighted by Gasteiger charge is -2.28. The number of nitrogens with zero attached hydrogens (tertiary/aromatic N) is 2. The van der Waals surface area contributed by atoms with Crippen molar-refractivity contribution in [1.82, 2.24) is 10.2 Å². The van der Waals surface area contributed by atoms with Gasteiger partial charge in [-0.25, -0.2) is 0 Å². The van der Waals surface area contributed by atoms with E-state index in [1.807, 2.05) is 4.90 Å². The Morgan fingerprint density at radius 3 is 2.65 bits per heavy atom. The van der Waals surface area contributed by atoms with E-state index in [2.05, 4.69) is 11.4 Å². The molecule has 1 N–H and O–H groups in total. The lowest BCUT2D eigenvalue weighted by Crippen LogP contribution is -2.44. The fourth-order valence-electron chi connectivity index (χ4n) is 2.83. The zero-order chi connectivity index (χ0) is 12.1. The first kappa shape index (κ1) is 12.4. The average Bonchev–Trinajstić information content (AvgIpc) is 2.90. The predicted octanol–water partition coefficient (Wildman–Crippen LogP) is 1.28. The number of hydrogen-bond acceptors (Lipinski definition) is 3. The summed E-state index contributed by atoms with van der Waals surface area (Å²) in [6, 6.07) is 2.58. The topological polar surface area (TPSA) is 56.1 Å². The Morgan fingerprint density at radius 1 is 1.24 bits per heavy atom. The van der Waals surface area contributed by atoms with Gasteiger partial charge in [-0.05, 0) is 25.7 Å². The third-order valence-electron chi connectivity index (χ3n) is 3.91. The van der Waals surface area contributed by atoms with Crippen LogP contribution in [0.15, 0.2) is 0 Å². The van der Waals surface area contributed by atoms with Crippen molar-refractivity contribution in [2.24, 2.45) is 5.92 Å². The third-order valence-corrected chi connectivity index (χ3v) is 3.91. The van der Waals surface area contributed by atoms with Crippen molar-refractivity contribution in [2.45, 2.75) is 44.6 Å². The fraction of sp³-hybridized carbons (Fsp3) is 0.846. The van der Waals surface area contributed by atoms with Gasteiger partial charge in [-0.2, -0.15) is 5.26 Å². The number of nitriles is 1. The number of likely N-dealkylation sites (tertiary alicyclic amines) is 1. The van der Waals surface area contributed by atoms with Crippen molar-refractivity contribution in [3.8, 4) is 6.07 Å². The standard InChI is InChI=1S/C13H21N3O/c14-9-11-5-1-2-6-12(11)15-10-13(17)16-7-3-4-8-16/h11-12,15H,1-8,10H2. The van der Waals surface area contributed by atoms with Crippen LogP contribution in [0.25, 0.3) is 0 Å². The van der Waals surface area contributed by atoms with Crippen LogP contribution >= 0.6 is 0 Å². The highest BCUT2D eigenvalue weighted by molar-refractivity contribution is 5.78. The maximum atomic E-state index is 11.9. The van der Waals surface area contributed by atoms with Crippen molar-refractivity contribution in [3.05, 3.63) is 0 Å². The number of hydrogen-bond donors (Lipinski definition) is 1. The van der Waals surface area contributed by atoms with Gasteiger partial charge < -0.3 is 10.2 Å². The Balaban J connectivity index is 1.76. The van der Waals surface area contributed by atoms with E-state index in [0.717, 1.165) is 45.2 Å². The van der Waals surface area contributed by atoms with Crippen molar-refractivity contribution < 1.29 is 4.79 Å². The summed E-state index contributed by atoms with van der Waals surface area (Å²) >= 11 is 0. The number of carbonyl (C=O) groups excluding carboxylic acids is 1. The van der Waals surface area contributed by atoms with E-state index in [1.165, 1.54) is 6.42 Å². The van der Waals surface area contributed by atoms with Gasteiger partial charge in [-0.15, -0.1) is 0 Å². The molecule has 1 heterocycles. The molecule has 0 aromatic rings. The van der Waals surface area contributed by atoms with Crippen LogP contribution < -0.4 is 5.32 Å². The molecule has 2 rings (SSSR count). The summed E-state index contributed by atoms with van der Waals surface area (Å²) in [6.07, 6.45) is 6.60. The summed E-state index contributed by atoms with van der Waals surface area (Å²) in [4.78, 5) is 13.8. The highest BCUT2D eigenvalue weighted by Gasteiger charge is 2.26. The summed E-state index contributed by atoms with van der Waals surface area (Å²) < 4.78 is 0. The van der Waals surface area contributed by atoms with Crippen LogP contribution in [0.5, 0.6) is 0 Å².